The third kappa shape index (κ3) is 4.93. The van der Waals surface area contributed by atoms with Crippen LogP contribution in [0.2, 0.25) is 0 Å². The lowest BCUT2D eigenvalue weighted by Crippen LogP contribution is -2.30. The molecule has 1 aliphatic heterocycles. The number of hydrogen-bond acceptors (Lipinski definition) is 5. The van der Waals surface area contributed by atoms with E-state index in [1.807, 2.05) is 13.0 Å². The van der Waals surface area contributed by atoms with Crippen molar-refractivity contribution in [2.75, 3.05) is 23.4 Å². The molecular weight excluding hydrogens is 372 g/mol. The van der Waals surface area contributed by atoms with Crippen molar-refractivity contribution in [2.24, 2.45) is 0 Å². The van der Waals surface area contributed by atoms with E-state index in [-0.39, 0.29) is 11.5 Å². The Hall–Kier alpha value is -3.35. The smallest absolute Gasteiger partial charge is 0.338 e. The molecule has 0 saturated carbocycles. The number of benzene rings is 2. The van der Waals surface area contributed by atoms with Gasteiger partial charge in [-0.3, -0.25) is 9.59 Å². The molecule has 1 aliphatic rings. The minimum atomic E-state index is -1.01. The van der Waals surface area contributed by atoms with Crippen LogP contribution in [0.1, 0.15) is 37.0 Å². The van der Waals surface area contributed by atoms with Gasteiger partial charge in [-0.05, 0) is 50.6 Å². The molecule has 29 heavy (non-hydrogen) atoms. The van der Waals surface area contributed by atoms with Crippen LogP contribution in [0.25, 0.3) is 0 Å². The standard InChI is InChI=1S/C22H24N2O5/c1-3-28-19-11-5-4-10-18(19)23-21(26)15(2)29-22(27)16-8-6-9-17(14-16)24-13-7-12-20(24)25/h4-6,8-11,14-15H,3,7,12-13H2,1-2H3,(H,23,26)/t15-/m0/s1. The fraction of sp³-hybridized carbons (Fsp3) is 0.318. The average molecular weight is 396 g/mol. The summed E-state index contributed by atoms with van der Waals surface area (Å²) in [6, 6.07) is 13.7. The second kappa shape index (κ2) is 9.23. The zero-order valence-electron chi connectivity index (χ0n) is 16.5. The van der Waals surface area contributed by atoms with E-state index >= 15 is 0 Å². The Morgan fingerprint density at radius 3 is 2.69 bits per heavy atom. The number of nitrogens with zero attached hydrogens (tertiary/aromatic N) is 1. The number of nitrogens with one attached hydrogen (secondary N) is 1. The van der Waals surface area contributed by atoms with Crippen molar-refractivity contribution in [1.29, 1.82) is 0 Å². The van der Waals surface area contributed by atoms with Gasteiger partial charge in [0, 0.05) is 18.7 Å². The molecule has 1 atom stereocenters. The lowest BCUT2D eigenvalue weighted by atomic mass is 10.2. The van der Waals surface area contributed by atoms with Gasteiger partial charge in [-0.25, -0.2) is 4.79 Å². The van der Waals surface area contributed by atoms with E-state index in [0.29, 0.717) is 36.7 Å². The van der Waals surface area contributed by atoms with E-state index in [0.717, 1.165) is 6.42 Å². The van der Waals surface area contributed by atoms with Crippen molar-refractivity contribution in [2.45, 2.75) is 32.8 Å². The number of carbonyl (C=O) groups is 3. The number of anilines is 2. The average Bonchev–Trinajstić information content (AvgIpc) is 3.15. The van der Waals surface area contributed by atoms with Crippen molar-refractivity contribution in [3.8, 4) is 5.75 Å². The van der Waals surface area contributed by atoms with Crippen LogP contribution in [-0.2, 0) is 14.3 Å². The summed E-state index contributed by atoms with van der Waals surface area (Å²) in [5, 5.41) is 2.72. The summed E-state index contributed by atoms with van der Waals surface area (Å²) in [6.07, 6.45) is 0.303. The molecule has 2 aromatic rings. The van der Waals surface area contributed by atoms with Crippen molar-refractivity contribution >= 4 is 29.2 Å². The zero-order valence-corrected chi connectivity index (χ0v) is 16.5. The normalized spacial score (nSPS) is 14.4. The van der Waals surface area contributed by atoms with E-state index in [2.05, 4.69) is 5.32 Å². The lowest BCUT2D eigenvalue weighted by molar-refractivity contribution is -0.123. The molecular formula is C22H24N2O5. The number of rotatable bonds is 7. The number of para-hydroxylation sites is 2. The highest BCUT2D eigenvalue weighted by Crippen LogP contribution is 2.25. The van der Waals surface area contributed by atoms with Crippen LogP contribution in [0, 0.1) is 0 Å². The molecule has 7 heteroatoms. The summed E-state index contributed by atoms with van der Waals surface area (Å²) in [5.74, 6) is -0.503. The Kier molecular flexibility index (Phi) is 6.49. The van der Waals surface area contributed by atoms with Gasteiger partial charge in [0.15, 0.2) is 6.10 Å². The van der Waals surface area contributed by atoms with Crippen molar-refractivity contribution < 1.29 is 23.9 Å². The maximum absolute atomic E-state index is 12.5. The molecule has 3 rings (SSSR count). The second-order valence-corrected chi connectivity index (χ2v) is 6.67. The Morgan fingerprint density at radius 1 is 1.17 bits per heavy atom. The van der Waals surface area contributed by atoms with Crippen LogP contribution >= 0.6 is 0 Å². The van der Waals surface area contributed by atoms with Crippen LogP contribution in [0.4, 0.5) is 11.4 Å². The van der Waals surface area contributed by atoms with Gasteiger partial charge in [0.25, 0.3) is 5.91 Å². The van der Waals surface area contributed by atoms with Crippen LogP contribution in [0.15, 0.2) is 48.5 Å². The topological polar surface area (TPSA) is 84.9 Å². The van der Waals surface area contributed by atoms with Gasteiger partial charge in [0.05, 0.1) is 17.9 Å². The molecule has 0 aliphatic carbocycles. The van der Waals surface area contributed by atoms with Gasteiger partial charge in [-0.15, -0.1) is 0 Å². The molecule has 0 unspecified atom stereocenters. The van der Waals surface area contributed by atoms with Gasteiger partial charge in [0.2, 0.25) is 5.91 Å². The summed E-state index contributed by atoms with van der Waals surface area (Å²) in [6.45, 7) is 4.46. The fourth-order valence-corrected chi connectivity index (χ4v) is 3.09. The molecule has 152 valence electrons. The number of esters is 1. The highest BCUT2D eigenvalue weighted by atomic mass is 16.5. The number of ether oxygens (including phenoxy) is 2. The Morgan fingerprint density at radius 2 is 1.97 bits per heavy atom. The maximum Gasteiger partial charge on any atom is 0.338 e. The fourth-order valence-electron chi connectivity index (χ4n) is 3.09. The Balaban J connectivity index is 1.64. The van der Waals surface area contributed by atoms with Gasteiger partial charge >= 0.3 is 5.97 Å². The van der Waals surface area contributed by atoms with E-state index in [9.17, 15) is 14.4 Å². The van der Waals surface area contributed by atoms with Crippen LogP contribution in [0.5, 0.6) is 5.75 Å². The van der Waals surface area contributed by atoms with E-state index in [1.54, 1.807) is 47.4 Å². The summed E-state index contributed by atoms with van der Waals surface area (Å²) in [4.78, 5) is 38.5. The van der Waals surface area contributed by atoms with Crippen LogP contribution in [-0.4, -0.2) is 37.0 Å². The highest BCUT2D eigenvalue weighted by molar-refractivity contribution is 6.00. The molecule has 1 saturated heterocycles. The number of hydrogen-bond donors (Lipinski definition) is 1. The molecule has 0 spiro atoms. The largest absolute Gasteiger partial charge is 0.492 e. The number of carbonyl (C=O) groups excluding carboxylic acids is 3. The molecule has 0 bridgehead atoms. The number of amides is 2. The molecule has 1 N–H and O–H groups in total. The van der Waals surface area contributed by atoms with Gasteiger partial charge < -0.3 is 19.7 Å². The van der Waals surface area contributed by atoms with Crippen molar-refractivity contribution in [3.05, 3.63) is 54.1 Å². The Labute approximate surface area is 169 Å². The summed E-state index contributed by atoms with van der Waals surface area (Å²) >= 11 is 0. The van der Waals surface area contributed by atoms with Gasteiger partial charge in [-0.1, -0.05) is 18.2 Å². The summed E-state index contributed by atoms with van der Waals surface area (Å²) in [7, 11) is 0. The predicted molar refractivity (Wildman–Crippen MR) is 109 cm³/mol. The zero-order chi connectivity index (χ0) is 20.8. The molecule has 0 aromatic heterocycles. The minimum Gasteiger partial charge on any atom is -0.492 e. The third-order valence-electron chi connectivity index (χ3n) is 4.56. The molecule has 7 nitrogen and oxygen atoms in total. The van der Waals surface area contributed by atoms with Gasteiger partial charge in [-0.2, -0.15) is 0 Å². The predicted octanol–water partition coefficient (Wildman–Crippen LogP) is 3.40. The molecule has 1 heterocycles. The van der Waals surface area contributed by atoms with Crippen LogP contribution < -0.4 is 15.0 Å². The monoisotopic (exact) mass is 396 g/mol. The second-order valence-electron chi connectivity index (χ2n) is 6.67. The highest BCUT2D eigenvalue weighted by Gasteiger charge is 2.24. The molecule has 1 fully saturated rings. The maximum atomic E-state index is 12.5. The quantitative estimate of drug-likeness (QED) is 0.725. The Bertz CT molecular complexity index is 912. The summed E-state index contributed by atoms with van der Waals surface area (Å²) in [5.41, 5.74) is 1.46. The first-order valence-corrected chi connectivity index (χ1v) is 9.63. The van der Waals surface area contributed by atoms with Crippen molar-refractivity contribution in [1.82, 2.24) is 0 Å². The SMILES string of the molecule is CCOc1ccccc1NC(=O)[C@H](C)OC(=O)c1cccc(N2CCCC2=O)c1. The van der Waals surface area contributed by atoms with E-state index in [4.69, 9.17) is 9.47 Å². The first-order chi connectivity index (χ1) is 14.0. The molecule has 2 amide bonds. The molecule has 0 radical (unpaired) electrons. The first-order valence-electron chi connectivity index (χ1n) is 9.63. The first kappa shape index (κ1) is 20.4. The van der Waals surface area contributed by atoms with Crippen LogP contribution in [0.3, 0.4) is 0 Å². The molecule has 2 aromatic carbocycles. The van der Waals surface area contributed by atoms with E-state index < -0.39 is 18.0 Å². The third-order valence-corrected chi connectivity index (χ3v) is 4.56. The van der Waals surface area contributed by atoms with Crippen molar-refractivity contribution in [3.63, 3.8) is 0 Å². The van der Waals surface area contributed by atoms with Gasteiger partial charge in [0.1, 0.15) is 5.75 Å². The lowest BCUT2D eigenvalue weighted by Gasteiger charge is -2.18. The summed E-state index contributed by atoms with van der Waals surface area (Å²) < 4.78 is 10.8. The van der Waals surface area contributed by atoms with E-state index in [1.165, 1.54) is 6.92 Å². The minimum absolute atomic E-state index is 0.0382.